The van der Waals surface area contributed by atoms with Crippen LogP contribution in [0.1, 0.15) is 140 Å². The standard InChI is InChI=1S/C29H49N/c1-3-5-7-8-10-12-25-15-22-29(30-23-25)28-20-18-27(19-21-28)26-16-13-24(14-17-26)11-9-6-4-2/h15,22-24,26-28H,3-14,16-21H2,1-2H3/t24-,26-,27-,28-. The molecule has 0 aliphatic heterocycles. The van der Waals surface area contributed by atoms with E-state index in [0.29, 0.717) is 0 Å². The van der Waals surface area contributed by atoms with E-state index in [4.69, 9.17) is 4.98 Å². The van der Waals surface area contributed by atoms with Gasteiger partial charge in [-0.3, -0.25) is 4.98 Å². The van der Waals surface area contributed by atoms with Gasteiger partial charge in [0.25, 0.3) is 0 Å². The molecule has 0 spiro atoms. The third kappa shape index (κ3) is 7.69. The van der Waals surface area contributed by atoms with Crippen LogP contribution in [0.25, 0.3) is 0 Å². The molecule has 2 aliphatic carbocycles. The van der Waals surface area contributed by atoms with Crippen molar-refractivity contribution in [2.75, 3.05) is 0 Å². The van der Waals surface area contributed by atoms with Crippen molar-refractivity contribution in [1.82, 2.24) is 4.98 Å². The van der Waals surface area contributed by atoms with Gasteiger partial charge in [-0.15, -0.1) is 0 Å². The first-order valence-electron chi connectivity index (χ1n) is 13.7. The molecule has 0 saturated heterocycles. The van der Waals surface area contributed by atoms with E-state index < -0.39 is 0 Å². The number of aryl methyl sites for hydroxylation is 1. The smallest absolute Gasteiger partial charge is 0.0434 e. The molecule has 0 bridgehead atoms. The maximum atomic E-state index is 4.90. The van der Waals surface area contributed by atoms with Crippen LogP contribution in [-0.2, 0) is 6.42 Å². The van der Waals surface area contributed by atoms with Crippen molar-refractivity contribution in [3.63, 3.8) is 0 Å². The van der Waals surface area contributed by atoms with Gasteiger partial charge < -0.3 is 0 Å². The largest absolute Gasteiger partial charge is 0.261 e. The molecule has 0 radical (unpaired) electrons. The second-order valence-corrected chi connectivity index (χ2v) is 10.6. The molecule has 0 atom stereocenters. The van der Waals surface area contributed by atoms with Crippen LogP contribution in [-0.4, -0.2) is 4.98 Å². The summed E-state index contributed by atoms with van der Waals surface area (Å²) in [7, 11) is 0. The fraction of sp³-hybridized carbons (Fsp3) is 0.828. The van der Waals surface area contributed by atoms with E-state index >= 15 is 0 Å². The maximum absolute atomic E-state index is 4.90. The second kappa shape index (κ2) is 13.5. The zero-order valence-corrected chi connectivity index (χ0v) is 20.2. The van der Waals surface area contributed by atoms with Gasteiger partial charge in [-0.05, 0) is 80.8 Å². The summed E-state index contributed by atoms with van der Waals surface area (Å²) in [5, 5.41) is 0. The predicted octanol–water partition coefficient (Wildman–Crippen LogP) is 9.25. The molecule has 1 nitrogen and oxygen atoms in total. The average molecular weight is 412 g/mol. The average Bonchev–Trinajstić information content (AvgIpc) is 2.80. The first-order valence-corrected chi connectivity index (χ1v) is 13.7. The summed E-state index contributed by atoms with van der Waals surface area (Å²) < 4.78 is 0. The molecule has 0 amide bonds. The van der Waals surface area contributed by atoms with Gasteiger partial charge in [-0.1, -0.05) is 84.1 Å². The molecule has 1 aromatic heterocycles. The Morgan fingerprint density at radius 2 is 1.33 bits per heavy atom. The van der Waals surface area contributed by atoms with Crippen molar-refractivity contribution in [1.29, 1.82) is 0 Å². The lowest BCUT2D eigenvalue weighted by atomic mass is 9.68. The number of pyridine rings is 1. The van der Waals surface area contributed by atoms with E-state index in [9.17, 15) is 0 Å². The van der Waals surface area contributed by atoms with Crippen molar-refractivity contribution in [2.24, 2.45) is 17.8 Å². The minimum Gasteiger partial charge on any atom is -0.261 e. The van der Waals surface area contributed by atoms with Gasteiger partial charge in [-0.25, -0.2) is 0 Å². The van der Waals surface area contributed by atoms with Crippen LogP contribution in [0.15, 0.2) is 18.3 Å². The van der Waals surface area contributed by atoms with Crippen LogP contribution in [0.3, 0.4) is 0 Å². The van der Waals surface area contributed by atoms with Gasteiger partial charge in [0.15, 0.2) is 0 Å². The van der Waals surface area contributed by atoms with Gasteiger partial charge in [0.1, 0.15) is 0 Å². The fourth-order valence-electron chi connectivity index (χ4n) is 6.28. The molecule has 0 aromatic carbocycles. The van der Waals surface area contributed by atoms with Gasteiger partial charge in [-0.2, -0.15) is 0 Å². The molecule has 30 heavy (non-hydrogen) atoms. The lowest BCUT2D eigenvalue weighted by Crippen LogP contribution is -2.25. The SMILES string of the molecule is CCCCCCCc1ccc([C@H]2CC[C@H]([C@H]3CC[C@H](CCCCC)CC3)CC2)nc1. The third-order valence-electron chi connectivity index (χ3n) is 8.38. The summed E-state index contributed by atoms with van der Waals surface area (Å²) in [5.41, 5.74) is 2.82. The van der Waals surface area contributed by atoms with Crippen molar-refractivity contribution >= 4 is 0 Å². The van der Waals surface area contributed by atoms with E-state index in [1.807, 2.05) is 0 Å². The van der Waals surface area contributed by atoms with Crippen LogP contribution in [0.4, 0.5) is 0 Å². The number of nitrogens with zero attached hydrogens (tertiary/aromatic N) is 1. The van der Waals surface area contributed by atoms with Crippen molar-refractivity contribution in [2.45, 2.75) is 135 Å². The summed E-state index contributed by atoms with van der Waals surface area (Å²) in [6.45, 7) is 4.61. The summed E-state index contributed by atoms with van der Waals surface area (Å²) in [6, 6.07) is 4.72. The highest BCUT2D eigenvalue weighted by atomic mass is 14.7. The van der Waals surface area contributed by atoms with Crippen molar-refractivity contribution < 1.29 is 0 Å². The lowest BCUT2D eigenvalue weighted by molar-refractivity contribution is 0.155. The highest BCUT2D eigenvalue weighted by molar-refractivity contribution is 5.17. The summed E-state index contributed by atoms with van der Waals surface area (Å²) >= 11 is 0. The van der Waals surface area contributed by atoms with E-state index in [1.54, 1.807) is 0 Å². The predicted molar refractivity (Wildman–Crippen MR) is 131 cm³/mol. The molecule has 1 heterocycles. The molecule has 2 fully saturated rings. The Hall–Kier alpha value is -0.850. The molecule has 1 heteroatoms. The molecular weight excluding hydrogens is 362 g/mol. The fourth-order valence-corrected chi connectivity index (χ4v) is 6.28. The molecule has 0 N–H and O–H groups in total. The Labute approximate surface area is 187 Å². The molecule has 170 valence electrons. The van der Waals surface area contributed by atoms with Gasteiger partial charge in [0.05, 0.1) is 0 Å². The summed E-state index contributed by atoms with van der Waals surface area (Å²) in [6.07, 6.45) is 27.8. The summed E-state index contributed by atoms with van der Waals surface area (Å²) in [4.78, 5) is 4.90. The second-order valence-electron chi connectivity index (χ2n) is 10.6. The topological polar surface area (TPSA) is 12.9 Å². The quantitative estimate of drug-likeness (QED) is 0.312. The number of hydrogen-bond donors (Lipinski definition) is 0. The first kappa shape index (κ1) is 23.8. The van der Waals surface area contributed by atoms with Crippen LogP contribution in [0.5, 0.6) is 0 Å². The molecule has 3 rings (SSSR count). The first-order chi connectivity index (χ1) is 14.8. The Kier molecular flexibility index (Phi) is 10.7. The van der Waals surface area contributed by atoms with E-state index in [-0.39, 0.29) is 0 Å². The lowest BCUT2D eigenvalue weighted by Gasteiger charge is -2.38. The highest BCUT2D eigenvalue weighted by Crippen LogP contribution is 2.44. The van der Waals surface area contributed by atoms with Crippen LogP contribution in [0, 0.1) is 17.8 Å². The van der Waals surface area contributed by atoms with Gasteiger partial charge in [0.2, 0.25) is 0 Å². The number of aromatic nitrogens is 1. The third-order valence-corrected chi connectivity index (χ3v) is 8.38. The molecule has 2 saturated carbocycles. The van der Waals surface area contributed by atoms with Crippen molar-refractivity contribution in [3.8, 4) is 0 Å². The van der Waals surface area contributed by atoms with E-state index in [2.05, 4.69) is 32.2 Å². The Morgan fingerprint density at radius 3 is 1.97 bits per heavy atom. The highest BCUT2D eigenvalue weighted by Gasteiger charge is 2.31. The maximum Gasteiger partial charge on any atom is 0.0434 e. The Bertz CT molecular complexity index is 546. The van der Waals surface area contributed by atoms with Crippen LogP contribution >= 0.6 is 0 Å². The zero-order chi connectivity index (χ0) is 21.0. The molecule has 2 aliphatic rings. The van der Waals surface area contributed by atoms with Gasteiger partial charge in [0, 0.05) is 17.8 Å². The normalized spacial score (nSPS) is 27.3. The minimum atomic E-state index is 0.727. The molecule has 0 unspecified atom stereocenters. The molecular formula is C29H49N. The number of hydrogen-bond acceptors (Lipinski definition) is 1. The Balaban J connectivity index is 1.34. The molecule has 1 aromatic rings. The van der Waals surface area contributed by atoms with Crippen LogP contribution in [0.2, 0.25) is 0 Å². The zero-order valence-electron chi connectivity index (χ0n) is 20.2. The monoisotopic (exact) mass is 411 g/mol. The van der Waals surface area contributed by atoms with E-state index in [1.165, 1.54) is 127 Å². The number of rotatable bonds is 12. The summed E-state index contributed by atoms with van der Waals surface area (Å²) in [5.74, 6) is 3.83. The van der Waals surface area contributed by atoms with Gasteiger partial charge >= 0.3 is 0 Å². The van der Waals surface area contributed by atoms with Crippen molar-refractivity contribution in [3.05, 3.63) is 29.6 Å². The Morgan fingerprint density at radius 1 is 0.700 bits per heavy atom. The van der Waals surface area contributed by atoms with Crippen LogP contribution < -0.4 is 0 Å². The number of unbranched alkanes of at least 4 members (excludes halogenated alkanes) is 6. The van der Waals surface area contributed by atoms with E-state index in [0.717, 1.165) is 23.7 Å². The minimum absolute atomic E-state index is 0.727.